The monoisotopic (exact) mass is 284 g/mol. The Labute approximate surface area is 118 Å². The number of hydrogen-bond acceptors (Lipinski definition) is 2. The Morgan fingerprint density at radius 2 is 2.00 bits per heavy atom. The maximum absolute atomic E-state index is 6.25. The molecule has 1 aliphatic carbocycles. The maximum Gasteiger partial charge on any atom is 0.0685 e. The van der Waals surface area contributed by atoms with Crippen LogP contribution in [-0.4, -0.2) is 0 Å². The van der Waals surface area contributed by atoms with Crippen LogP contribution in [0.4, 0.5) is 0 Å². The van der Waals surface area contributed by atoms with E-state index < -0.39 is 0 Å². The van der Waals surface area contributed by atoms with Crippen molar-refractivity contribution in [2.45, 2.75) is 38.1 Å². The molecular formula is C14H18Cl2N2. The minimum Gasteiger partial charge on any atom is -0.271 e. The molecule has 0 aromatic heterocycles. The van der Waals surface area contributed by atoms with Crippen LogP contribution in [0, 0.1) is 0 Å². The van der Waals surface area contributed by atoms with Crippen LogP contribution in [0.2, 0.25) is 10.0 Å². The molecule has 18 heavy (non-hydrogen) atoms. The number of nitrogens with one attached hydrogen (secondary N) is 1. The van der Waals surface area contributed by atoms with Crippen LogP contribution in [0.5, 0.6) is 0 Å². The van der Waals surface area contributed by atoms with Crippen molar-refractivity contribution in [2.24, 2.45) is 5.84 Å². The van der Waals surface area contributed by atoms with E-state index in [0.717, 1.165) is 18.4 Å². The zero-order chi connectivity index (χ0) is 13.0. The molecule has 1 unspecified atom stereocenters. The smallest absolute Gasteiger partial charge is 0.0685 e. The zero-order valence-electron chi connectivity index (χ0n) is 10.3. The molecule has 2 nitrogen and oxygen atoms in total. The van der Waals surface area contributed by atoms with E-state index in [1.165, 1.54) is 24.8 Å². The summed E-state index contributed by atoms with van der Waals surface area (Å²) in [5, 5.41) is 1.39. The molecule has 0 saturated carbocycles. The molecule has 1 aromatic carbocycles. The Hall–Kier alpha value is -0.540. The highest BCUT2D eigenvalue weighted by molar-refractivity contribution is 6.33. The van der Waals surface area contributed by atoms with E-state index >= 15 is 0 Å². The summed E-state index contributed by atoms with van der Waals surface area (Å²) < 4.78 is 0. The summed E-state index contributed by atoms with van der Waals surface area (Å²) in [5.74, 6) is 5.71. The first kappa shape index (κ1) is 13.9. The van der Waals surface area contributed by atoms with Gasteiger partial charge >= 0.3 is 0 Å². The highest BCUT2D eigenvalue weighted by Crippen LogP contribution is 2.33. The summed E-state index contributed by atoms with van der Waals surface area (Å²) in [4.78, 5) is 0. The number of rotatable bonds is 3. The lowest BCUT2D eigenvalue weighted by molar-refractivity contribution is 0.593. The van der Waals surface area contributed by atoms with Gasteiger partial charge in [-0.15, -0.1) is 0 Å². The van der Waals surface area contributed by atoms with E-state index in [2.05, 4.69) is 11.5 Å². The van der Waals surface area contributed by atoms with E-state index in [1.54, 1.807) is 6.07 Å². The van der Waals surface area contributed by atoms with Gasteiger partial charge in [0.25, 0.3) is 0 Å². The molecule has 0 saturated heterocycles. The van der Waals surface area contributed by atoms with Gasteiger partial charge in [-0.1, -0.05) is 41.3 Å². The van der Waals surface area contributed by atoms with Crippen molar-refractivity contribution in [2.75, 3.05) is 0 Å². The van der Waals surface area contributed by atoms with Gasteiger partial charge in [0, 0.05) is 10.0 Å². The second-order valence-corrected chi connectivity index (χ2v) is 5.49. The summed E-state index contributed by atoms with van der Waals surface area (Å²) in [6, 6.07) is 5.47. The predicted octanol–water partition coefficient (Wildman–Crippen LogP) is 4.39. The van der Waals surface area contributed by atoms with Gasteiger partial charge in [0.05, 0.1) is 6.04 Å². The minimum atomic E-state index is -0.0331. The summed E-state index contributed by atoms with van der Waals surface area (Å²) in [5.41, 5.74) is 5.15. The van der Waals surface area contributed by atoms with Crippen LogP contribution < -0.4 is 11.3 Å². The van der Waals surface area contributed by atoms with E-state index in [1.807, 2.05) is 12.1 Å². The van der Waals surface area contributed by atoms with Gasteiger partial charge in [0.15, 0.2) is 0 Å². The number of hydrazine groups is 1. The Morgan fingerprint density at radius 1 is 1.17 bits per heavy atom. The third kappa shape index (κ3) is 3.27. The quantitative estimate of drug-likeness (QED) is 0.491. The number of hydrogen-bond donors (Lipinski definition) is 2. The average molecular weight is 285 g/mol. The van der Waals surface area contributed by atoms with Crippen molar-refractivity contribution >= 4 is 23.2 Å². The first-order chi connectivity index (χ1) is 8.72. The van der Waals surface area contributed by atoms with Crippen molar-refractivity contribution in [1.29, 1.82) is 0 Å². The molecule has 0 amide bonds. The topological polar surface area (TPSA) is 38.0 Å². The summed E-state index contributed by atoms with van der Waals surface area (Å²) >= 11 is 12.3. The SMILES string of the molecule is NNC(C1=CCCCCC1)c1cc(Cl)ccc1Cl. The molecule has 0 fully saturated rings. The fourth-order valence-corrected chi connectivity index (χ4v) is 2.84. The van der Waals surface area contributed by atoms with E-state index in [9.17, 15) is 0 Å². The van der Waals surface area contributed by atoms with Gasteiger partial charge in [0.2, 0.25) is 0 Å². The lowest BCUT2D eigenvalue weighted by Gasteiger charge is -2.21. The zero-order valence-corrected chi connectivity index (χ0v) is 11.8. The molecule has 0 heterocycles. The normalized spacial score (nSPS) is 18.1. The first-order valence-corrected chi connectivity index (χ1v) is 7.08. The molecule has 4 heteroatoms. The maximum atomic E-state index is 6.25. The van der Waals surface area contributed by atoms with Gasteiger partial charge in [0.1, 0.15) is 0 Å². The van der Waals surface area contributed by atoms with Crippen molar-refractivity contribution in [3.05, 3.63) is 45.5 Å². The predicted molar refractivity (Wildman–Crippen MR) is 77.7 cm³/mol. The molecule has 1 aromatic rings. The van der Waals surface area contributed by atoms with Crippen molar-refractivity contribution < 1.29 is 0 Å². The lowest BCUT2D eigenvalue weighted by atomic mass is 9.95. The van der Waals surface area contributed by atoms with Crippen molar-refractivity contribution in [1.82, 2.24) is 5.43 Å². The largest absolute Gasteiger partial charge is 0.271 e. The molecule has 2 rings (SSSR count). The fraction of sp³-hybridized carbons (Fsp3) is 0.429. The van der Waals surface area contributed by atoms with Crippen molar-refractivity contribution in [3.63, 3.8) is 0 Å². The summed E-state index contributed by atoms with van der Waals surface area (Å²) in [6.45, 7) is 0. The van der Waals surface area contributed by atoms with Crippen LogP contribution in [0.3, 0.4) is 0 Å². The van der Waals surface area contributed by atoms with Crippen LogP contribution in [0.1, 0.15) is 43.7 Å². The van der Waals surface area contributed by atoms with Crippen LogP contribution >= 0.6 is 23.2 Å². The van der Waals surface area contributed by atoms with E-state index in [0.29, 0.717) is 10.0 Å². The van der Waals surface area contributed by atoms with Crippen LogP contribution in [0.25, 0.3) is 0 Å². The molecule has 0 bridgehead atoms. The van der Waals surface area contributed by atoms with E-state index in [4.69, 9.17) is 29.0 Å². The summed E-state index contributed by atoms with van der Waals surface area (Å²) in [7, 11) is 0. The number of nitrogens with two attached hydrogens (primary N) is 1. The molecular weight excluding hydrogens is 267 g/mol. The van der Waals surface area contributed by atoms with E-state index in [-0.39, 0.29) is 6.04 Å². The lowest BCUT2D eigenvalue weighted by Crippen LogP contribution is -2.29. The molecule has 1 aliphatic rings. The number of allylic oxidation sites excluding steroid dienone is 1. The van der Waals surface area contributed by atoms with Gasteiger partial charge in [-0.25, -0.2) is 5.43 Å². The van der Waals surface area contributed by atoms with Crippen molar-refractivity contribution in [3.8, 4) is 0 Å². The Kier molecular flexibility index (Phi) is 5.07. The second kappa shape index (κ2) is 6.58. The number of benzene rings is 1. The average Bonchev–Trinajstić information content (AvgIpc) is 2.64. The van der Waals surface area contributed by atoms with Gasteiger partial charge in [-0.05, 0) is 49.4 Å². The summed E-state index contributed by atoms with van der Waals surface area (Å²) in [6.07, 6.45) is 8.21. The van der Waals surface area contributed by atoms with Gasteiger partial charge in [-0.2, -0.15) is 0 Å². The third-order valence-electron chi connectivity index (χ3n) is 3.38. The molecule has 0 radical (unpaired) electrons. The molecule has 98 valence electrons. The standard InChI is InChI=1S/C14H18Cl2N2/c15-11-7-8-13(16)12(9-11)14(18-17)10-5-3-1-2-4-6-10/h5,7-9,14,18H,1-4,6,17H2. The first-order valence-electron chi connectivity index (χ1n) is 6.32. The molecule has 0 aliphatic heterocycles. The highest BCUT2D eigenvalue weighted by Gasteiger charge is 2.19. The molecule has 0 spiro atoms. The molecule has 3 N–H and O–H groups in total. The van der Waals surface area contributed by atoms with Gasteiger partial charge < -0.3 is 0 Å². The Bertz CT molecular complexity index is 443. The minimum absolute atomic E-state index is 0.0331. The third-order valence-corrected chi connectivity index (χ3v) is 3.96. The molecule has 1 atom stereocenters. The highest BCUT2D eigenvalue weighted by atomic mass is 35.5. The Balaban J connectivity index is 2.32. The second-order valence-electron chi connectivity index (χ2n) is 4.64. The Morgan fingerprint density at radius 3 is 2.78 bits per heavy atom. The van der Waals surface area contributed by atoms with Crippen LogP contribution in [-0.2, 0) is 0 Å². The fourth-order valence-electron chi connectivity index (χ4n) is 2.43. The van der Waals surface area contributed by atoms with Crippen LogP contribution in [0.15, 0.2) is 29.8 Å². The van der Waals surface area contributed by atoms with Gasteiger partial charge in [-0.3, -0.25) is 5.84 Å². The number of halogens is 2.